The lowest BCUT2D eigenvalue weighted by Gasteiger charge is -2.34. The molecule has 152 valence electrons. The Hall–Kier alpha value is -1.94. The Bertz CT molecular complexity index is 745. The highest BCUT2D eigenvalue weighted by atomic mass is 16.6. The third-order valence-electron chi connectivity index (χ3n) is 5.09. The molecule has 0 aromatic carbocycles. The van der Waals surface area contributed by atoms with E-state index in [0.717, 1.165) is 29.9 Å². The van der Waals surface area contributed by atoms with E-state index in [0.29, 0.717) is 12.3 Å². The number of hydrogen-bond donors (Lipinski definition) is 5. The predicted molar refractivity (Wildman–Crippen MR) is 98.8 cm³/mol. The summed E-state index contributed by atoms with van der Waals surface area (Å²) in [6, 6.07) is 1.15. The van der Waals surface area contributed by atoms with Gasteiger partial charge in [-0.05, 0) is 31.4 Å². The Kier molecular flexibility index (Phi) is 7.37. The van der Waals surface area contributed by atoms with Crippen molar-refractivity contribution >= 4 is 0 Å². The number of nitrogens with zero attached hydrogens (tertiary/aromatic N) is 1. The Morgan fingerprint density at radius 3 is 2.74 bits per heavy atom. The number of rotatable bonds is 9. The van der Waals surface area contributed by atoms with Crippen LogP contribution in [0.3, 0.4) is 0 Å². The van der Waals surface area contributed by atoms with E-state index in [1.165, 1.54) is 12.4 Å². The fourth-order valence-corrected chi connectivity index (χ4v) is 3.56. The molecule has 1 saturated heterocycles. The molecule has 2 heterocycles. The number of aliphatic hydroxyl groups excluding tert-OH is 3. The van der Waals surface area contributed by atoms with Crippen molar-refractivity contribution in [3.05, 3.63) is 45.4 Å². The average Bonchev–Trinajstić information content (AvgIpc) is 2.89. The molecule has 1 aliphatic rings. The van der Waals surface area contributed by atoms with E-state index >= 15 is 0 Å². The first kappa shape index (κ1) is 21.4. The van der Waals surface area contributed by atoms with Crippen molar-refractivity contribution in [2.24, 2.45) is 11.7 Å². The number of nitrogens with one attached hydrogen (secondary N) is 1. The number of aromatic nitrogens is 2. The second-order valence-corrected chi connectivity index (χ2v) is 7.11. The topological polar surface area (TPSA) is 151 Å². The van der Waals surface area contributed by atoms with Gasteiger partial charge in [0.1, 0.15) is 18.3 Å². The summed E-state index contributed by atoms with van der Waals surface area (Å²) in [4.78, 5) is 25.8. The number of aromatic amines is 1. The molecule has 0 spiro atoms. The first-order chi connectivity index (χ1) is 12.9. The molecule has 27 heavy (non-hydrogen) atoms. The minimum atomic E-state index is -1.55. The molecule has 9 heteroatoms. The summed E-state index contributed by atoms with van der Waals surface area (Å²) in [5.41, 5.74) is 2.49. The number of aliphatic hydroxyl groups is 3. The fraction of sp³-hybridized carbons (Fsp3) is 0.667. The number of unbranched alkanes of at least 4 members (excludes halogenated alkanes) is 1. The van der Waals surface area contributed by atoms with Crippen LogP contribution in [-0.2, 0) is 10.5 Å². The smallest absolute Gasteiger partial charge is 0.330 e. The van der Waals surface area contributed by atoms with Gasteiger partial charge in [0.15, 0.2) is 5.72 Å². The van der Waals surface area contributed by atoms with Gasteiger partial charge in [-0.1, -0.05) is 25.8 Å². The molecular weight excluding hydrogens is 354 g/mol. The monoisotopic (exact) mass is 383 g/mol. The Morgan fingerprint density at radius 2 is 2.15 bits per heavy atom. The lowest BCUT2D eigenvalue weighted by atomic mass is 9.93. The second-order valence-electron chi connectivity index (χ2n) is 7.11. The lowest BCUT2D eigenvalue weighted by molar-refractivity contribution is -0.156. The summed E-state index contributed by atoms with van der Waals surface area (Å²) < 4.78 is 6.86. The molecule has 1 aromatic rings. The Morgan fingerprint density at radius 1 is 1.41 bits per heavy atom. The first-order valence-electron chi connectivity index (χ1n) is 9.19. The number of allylic oxidation sites excluding steroid dienone is 1. The third-order valence-corrected chi connectivity index (χ3v) is 5.09. The van der Waals surface area contributed by atoms with E-state index in [9.17, 15) is 24.9 Å². The largest absolute Gasteiger partial charge is 0.405 e. The van der Waals surface area contributed by atoms with Crippen molar-refractivity contribution in [3.8, 4) is 0 Å². The highest BCUT2D eigenvalue weighted by Gasteiger charge is 2.55. The van der Waals surface area contributed by atoms with Gasteiger partial charge in [0, 0.05) is 12.3 Å². The quantitative estimate of drug-likeness (QED) is 0.356. The number of hydrogen-bond acceptors (Lipinski definition) is 7. The van der Waals surface area contributed by atoms with Crippen LogP contribution in [0.15, 0.2) is 34.1 Å². The standard InChI is InChI=1S/C18H29N3O6/c1-12(6-4-9-19)5-2-3-8-18(16(25)15(24)13(11-22)27-18)21-10-7-14(23)20-17(21)26/h4,7,9-10,12-13,15-16,22,24-25H,2-3,5-6,8,11,19H2,1H3,(H,20,23,26)/t12?,13-,15-,16-,18-/m1/s1. The predicted octanol–water partition coefficient (Wildman–Crippen LogP) is -0.639. The van der Waals surface area contributed by atoms with Crippen LogP contribution in [-0.4, -0.2) is 49.8 Å². The maximum atomic E-state index is 12.3. The average molecular weight is 383 g/mol. The van der Waals surface area contributed by atoms with E-state index < -0.39 is 41.9 Å². The number of nitrogens with two attached hydrogens (primary N) is 1. The zero-order valence-electron chi connectivity index (χ0n) is 15.5. The molecule has 9 nitrogen and oxygen atoms in total. The van der Waals surface area contributed by atoms with Crippen molar-refractivity contribution in [1.82, 2.24) is 9.55 Å². The van der Waals surface area contributed by atoms with Crippen LogP contribution in [0.2, 0.25) is 0 Å². The zero-order valence-corrected chi connectivity index (χ0v) is 15.5. The van der Waals surface area contributed by atoms with Gasteiger partial charge < -0.3 is 25.8 Å². The molecule has 0 saturated carbocycles. The van der Waals surface area contributed by atoms with E-state index in [-0.39, 0.29) is 6.42 Å². The zero-order chi connectivity index (χ0) is 20.0. The summed E-state index contributed by atoms with van der Waals surface area (Å²) in [7, 11) is 0. The van der Waals surface area contributed by atoms with Crippen LogP contribution in [0.4, 0.5) is 0 Å². The second kappa shape index (κ2) is 9.32. The van der Waals surface area contributed by atoms with Crippen molar-refractivity contribution < 1.29 is 20.1 Å². The summed E-state index contributed by atoms with van der Waals surface area (Å²) in [6.45, 7) is 1.61. The molecule has 6 N–H and O–H groups in total. The maximum Gasteiger partial charge on any atom is 0.330 e. The molecule has 0 radical (unpaired) electrons. The van der Waals surface area contributed by atoms with Crippen LogP contribution < -0.4 is 17.0 Å². The molecule has 5 atom stereocenters. The molecule has 1 aromatic heterocycles. The third kappa shape index (κ3) is 4.67. The maximum absolute atomic E-state index is 12.3. The molecule has 1 fully saturated rings. The van der Waals surface area contributed by atoms with Gasteiger partial charge in [0.25, 0.3) is 5.56 Å². The van der Waals surface area contributed by atoms with Crippen LogP contribution in [0.5, 0.6) is 0 Å². The summed E-state index contributed by atoms with van der Waals surface area (Å²) in [6.07, 6.45) is 4.34. The highest BCUT2D eigenvalue weighted by molar-refractivity contribution is 5.01. The van der Waals surface area contributed by atoms with Gasteiger partial charge in [-0.3, -0.25) is 14.3 Å². The summed E-state index contributed by atoms with van der Waals surface area (Å²) in [5.74, 6) is 0.432. The number of ether oxygens (including phenoxy) is 1. The van der Waals surface area contributed by atoms with Gasteiger partial charge in [-0.25, -0.2) is 4.79 Å². The molecule has 2 rings (SSSR count). The van der Waals surface area contributed by atoms with Gasteiger partial charge in [0.2, 0.25) is 0 Å². The van der Waals surface area contributed by atoms with E-state index in [4.69, 9.17) is 10.5 Å². The molecule has 0 bridgehead atoms. The lowest BCUT2D eigenvalue weighted by Crippen LogP contribution is -2.51. The van der Waals surface area contributed by atoms with Crippen molar-refractivity contribution in [3.63, 3.8) is 0 Å². The summed E-state index contributed by atoms with van der Waals surface area (Å²) >= 11 is 0. The minimum Gasteiger partial charge on any atom is -0.405 e. The van der Waals surface area contributed by atoms with Gasteiger partial charge >= 0.3 is 5.69 Å². The molecular formula is C18H29N3O6. The number of H-pyrrole nitrogens is 1. The van der Waals surface area contributed by atoms with Crippen molar-refractivity contribution in [2.45, 2.75) is 63.1 Å². The van der Waals surface area contributed by atoms with E-state index in [2.05, 4.69) is 11.9 Å². The molecule has 0 amide bonds. The van der Waals surface area contributed by atoms with E-state index in [1.54, 1.807) is 0 Å². The summed E-state index contributed by atoms with van der Waals surface area (Å²) in [5, 5.41) is 30.2. The van der Waals surface area contributed by atoms with Crippen LogP contribution >= 0.6 is 0 Å². The normalized spacial score (nSPS) is 29.4. The van der Waals surface area contributed by atoms with Gasteiger partial charge in [-0.2, -0.15) is 0 Å². The van der Waals surface area contributed by atoms with Gasteiger partial charge in [-0.15, -0.1) is 0 Å². The Labute approximate surface area is 157 Å². The molecule has 0 aliphatic carbocycles. The highest BCUT2D eigenvalue weighted by Crippen LogP contribution is 2.39. The molecule has 1 aliphatic heterocycles. The van der Waals surface area contributed by atoms with Crippen molar-refractivity contribution in [2.75, 3.05) is 6.61 Å². The van der Waals surface area contributed by atoms with Crippen LogP contribution in [0.1, 0.15) is 39.0 Å². The first-order valence-corrected chi connectivity index (χ1v) is 9.19. The van der Waals surface area contributed by atoms with E-state index in [1.807, 2.05) is 6.08 Å². The molecule has 1 unspecified atom stereocenters. The van der Waals surface area contributed by atoms with Crippen LogP contribution in [0.25, 0.3) is 0 Å². The van der Waals surface area contributed by atoms with Gasteiger partial charge in [0.05, 0.1) is 6.61 Å². The van der Waals surface area contributed by atoms with Crippen LogP contribution in [0, 0.1) is 5.92 Å². The SMILES string of the molecule is CC(CC=CN)CCCC[C@@]1(n2ccc(=O)[nH]c2=O)O[C@H](CO)[C@@H](O)[C@H]1O. The minimum absolute atomic E-state index is 0.243. The fourth-order valence-electron chi connectivity index (χ4n) is 3.56. The van der Waals surface area contributed by atoms with Crippen molar-refractivity contribution in [1.29, 1.82) is 0 Å². The Balaban J connectivity index is 2.19.